The molecule has 1 aliphatic carbocycles. The predicted molar refractivity (Wildman–Crippen MR) is 102 cm³/mol. The molecule has 0 saturated heterocycles. The van der Waals surface area contributed by atoms with Gasteiger partial charge >= 0.3 is 0 Å². The Hall–Kier alpha value is -2.15. The Morgan fingerprint density at radius 1 is 1.32 bits per heavy atom. The van der Waals surface area contributed by atoms with E-state index in [2.05, 4.69) is 10.4 Å². The van der Waals surface area contributed by atoms with Gasteiger partial charge in [-0.3, -0.25) is 14.0 Å². The molecule has 0 saturated carbocycles. The van der Waals surface area contributed by atoms with Crippen molar-refractivity contribution < 1.29 is 0 Å². The highest BCUT2D eigenvalue weighted by Crippen LogP contribution is 2.34. The van der Waals surface area contributed by atoms with Gasteiger partial charge in [0.15, 0.2) is 5.82 Å². The van der Waals surface area contributed by atoms with Gasteiger partial charge in [0.2, 0.25) is 5.95 Å². The minimum absolute atomic E-state index is 0.0271. The number of nitrogens with one attached hydrogen (secondary N) is 1. The predicted octanol–water partition coefficient (Wildman–Crippen LogP) is 3.88. The lowest BCUT2D eigenvalue weighted by Crippen LogP contribution is -2.26. The van der Waals surface area contributed by atoms with Crippen molar-refractivity contribution in [3.8, 4) is 0 Å². The van der Waals surface area contributed by atoms with E-state index >= 15 is 0 Å². The zero-order valence-corrected chi connectivity index (χ0v) is 15.7. The van der Waals surface area contributed by atoms with Gasteiger partial charge < -0.3 is 5.32 Å². The van der Waals surface area contributed by atoms with Crippen LogP contribution >= 0.6 is 11.3 Å². The highest BCUT2D eigenvalue weighted by Gasteiger charge is 2.23. The van der Waals surface area contributed by atoms with Gasteiger partial charge in [0, 0.05) is 29.7 Å². The monoisotopic (exact) mass is 357 g/mol. The van der Waals surface area contributed by atoms with Crippen LogP contribution in [-0.2, 0) is 19.4 Å². The Balaban J connectivity index is 1.88. The molecule has 132 valence electrons. The summed E-state index contributed by atoms with van der Waals surface area (Å²) in [6, 6.07) is 1.93. The molecule has 0 radical (unpaired) electrons. The summed E-state index contributed by atoms with van der Waals surface area (Å²) in [5.41, 5.74) is 1.30. The summed E-state index contributed by atoms with van der Waals surface area (Å²) in [6.07, 6.45) is 6.36. The molecule has 7 heteroatoms. The van der Waals surface area contributed by atoms with Gasteiger partial charge in [-0.1, -0.05) is 0 Å². The smallest absolute Gasteiger partial charge is 0.264 e. The number of thiophene rings is 1. The first-order chi connectivity index (χ1) is 12.1. The fourth-order valence-corrected chi connectivity index (χ4v) is 4.76. The molecule has 0 unspecified atom stereocenters. The van der Waals surface area contributed by atoms with E-state index in [4.69, 9.17) is 4.98 Å². The molecule has 0 spiro atoms. The van der Waals surface area contributed by atoms with E-state index in [0.29, 0.717) is 11.8 Å². The first-order valence-corrected chi connectivity index (χ1v) is 9.77. The molecule has 0 aromatic carbocycles. The lowest BCUT2D eigenvalue weighted by molar-refractivity contribution is 0.581. The van der Waals surface area contributed by atoms with E-state index in [0.717, 1.165) is 36.0 Å². The molecule has 0 amide bonds. The summed E-state index contributed by atoms with van der Waals surface area (Å²) in [7, 11) is 0. The second-order valence-electron chi connectivity index (χ2n) is 6.78. The van der Waals surface area contributed by atoms with E-state index in [1.807, 2.05) is 37.7 Å². The molecule has 3 heterocycles. The van der Waals surface area contributed by atoms with Crippen LogP contribution in [0.25, 0.3) is 10.2 Å². The maximum absolute atomic E-state index is 13.2. The van der Waals surface area contributed by atoms with Crippen molar-refractivity contribution in [1.29, 1.82) is 0 Å². The molecule has 6 nitrogen and oxygen atoms in total. The molecule has 3 aromatic heterocycles. The number of fused-ring (bicyclic) bond motifs is 3. The molecule has 0 fully saturated rings. The lowest BCUT2D eigenvalue weighted by Gasteiger charge is -2.16. The van der Waals surface area contributed by atoms with Crippen LogP contribution in [0.1, 0.15) is 50.1 Å². The van der Waals surface area contributed by atoms with Crippen molar-refractivity contribution in [3.63, 3.8) is 0 Å². The summed E-state index contributed by atoms with van der Waals surface area (Å²) in [5, 5.41) is 8.53. The van der Waals surface area contributed by atoms with Gasteiger partial charge in [-0.15, -0.1) is 11.3 Å². The topological polar surface area (TPSA) is 64.7 Å². The number of hydrogen-bond donors (Lipinski definition) is 1. The molecule has 0 atom stereocenters. The quantitative estimate of drug-likeness (QED) is 0.770. The average Bonchev–Trinajstić information content (AvgIpc) is 3.18. The van der Waals surface area contributed by atoms with Crippen LogP contribution in [0.15, 0.2) is 17.1 Å². The van der Waals surface area contributed by atoms with Gasteiger partial charge in [-0.25, -0.2) is 4.98 Å². The van der Waals surface area contributed by atoms with Crippen molar-refractivity contribution in [1.82, 2.24) is 19.3 Å². The van der Waals surface area contributed by atoms with E-state index in [9.17, 15) is 4.79 Å². The number of aryl methyl sites for hydroxylation is 3. The maximum Gasteiger partial charge on any atom is 0.264 e. The van der Waals surface area contributed by atoms with E-state index < -0.39 is 0 Å². The fourth-order valence-electron chi connectivity index (χ4n) is 3.50. The third kappa shape index (κ3) is 2.76. The highest BCUT2D eigenvalue weighted by molar-refractivity contribution is 7.18. The molecular formula is C18H23N5OS. The average molecular weight is 357 g/mol. The van der Waals surface area contributed by atoms with Crippen molar-refractivity contribution in [2.75, 3.05) is 5.32 Å². The zero-order chi connectivity index (χ0) is 17.6. The Morgan fingerprint density at radius 3 is 2.84 bits per heavy atom. The summed E-state index contributed by atoms with van der Waals surface area (Å²) in [5.74, 6) is 1.29. The van der Waals surface area contributed by atoms with Gasteiger partial charge in [0.1, 0.15) is 4.83 Å². The molecule has 0 bridgehead atoms. The largest absolute Gasteiger partial charge is 0.309 e. The van der Waals surface area contributed by atoms with E-state index in [-0.39, 0.29) is 11.6 Å². The number of nitrogens with zero attached hydrogens (tertiary/aromatic N) is 4. The summed E-state index contributed by atoms with van der Waals surface area (Å²) < 4.78 is 3.61. The van der Waals surface area contributed by atoms with Crippen LogP contribution in [0.5, 0.6) is 0 Å². The number of aromatic nitrogens is 4. The molecule has 0 aliphatic heterocycles. The SMILES string of the molecule is CCn1ccc(Nc2nc3sc4c(c3c(=O)n2C(C)C)CCCC4)n1. The number of rotatable bonds is 4. The van der Waals surface area contributed by atoms with Gasteiger partial charge in [-0.2, -0.15) is 5.10 Å². The summed E-state index contributed by atoms with van der Waals surface area (Å²) >= 11 is 1.68. The second kappa shape index (κ2) is 6.29. The Kier molecular flexibility index (Phi) is 4.11. The van der Waals surface area contributed by atoms with Crippen LogP contribution in [0.4, 0.5) is 11.8 Å². The van der Waals surface area contributed by atoms with Crippen LogP contribution in [-0.4, -0.2) is 19.3 Å². The standard InChI is InChI=1S/C18H23N5OS/c1-4-22-10-9-14(21-22)19-18-20-16-15(17(24)23(18)11(2)3)12-7-5-6-8-13(12)25-16/h9-11H,4-8H2,1-3H3,(H,19,20,21). The fraction of sp³-hybridized carbons (Fsp3) is 0.500. The third-order valence-corrected chi connectivity index (χ3v) is 5.93. The van der Waals surface area contributed by atoms with Crippen LogP contribution in [0, 0.1) is 0 Å². The molecule has 1 N–H and O–H groups in total. The number of anilines is 2. The summed E-state index contributed by atoms with van der Waals surface area (Å²) in [6.45, 7) is 6.89. The van der Waals surface area contributed by atoms with E-state index in [1.165, 1.54) is 16.9 Å². The Labute approximate surface area is 150 Å². The van der Waals surface area contributed by atoms with Crippen molar-refractivity contribution in [2.24, 2.45) is 0 Å². The first-order valence-electron chi connectivity index (χ1n) is 8.95. The maximum atomic E-state index is 13.2. The first kappa shape index (κ1) is 16.3. The lowest BCUT2D eigenvalue weighted by atomic mass is 9.97. The van der Waals surface area contributed by atoms with Crippen LogP contribution in [0.2, 0.25) is 0 Å². The van der Waals surface area contributed by atoms with Crippen molar-refractivity contribution in [3.05, 3.63) is 33.1 Å². The Bertz CT molecular complexity index is 981. The van der Waals surface area contributed by atoms with Crippen LogP contribution in [0.3, 0.4) is 0 Å². The highest BCUT2D eigenvalue weighted by atomic mass is 32.1. The Morgan fingerprint density at radius 2 is 2.12 bits per heavy atom. The second-order valence-corrected chi connectivity index (χ2v) is 7.86. The molecule has 3 aromatic rings. The van der Waals surface area contributed by atoms with Gasteiger partial charge in [0.25, 0.3) is 5.56 Å². The molecule has 1 aliphatic rings. The minimum atomic E-state index is 0.0271. The molecular weight excluding hydrogens is 334 g/mol. The van der Waals surface area contributed by atoms with Crippen LogP contribution < -0.4 is 10.9 Å². The molecule has 25 heavy (non-hydrogen) atoms. The zero-order valence-electron chi connectivity index (χ0n) is 14.9. The normalized spacial score (nSPS) is 14.2. The van der Waals surface area contributed by atoms with Crippen molar-refractivity contribution >= 4 is 33.3 Å². The molecule has 4 rings (SSSR count). The third-order valence-electron chi connectivity index (χ3n) is 4.74. The van der Waals surface area contributed by atoms with Gasteiger partial charge in [0.05, 0.1) is 5.39 Å². The van der Waals surface area contributed by atoms with E-state index in [1.54, 1.807) is 15.9 Å². The van der Waals surface area contributed by atoms with Gasteiger partial charge in [-0.05, 0) is 52.0 Å². The minimum Gasteiger partial charge on any atom is -0.309 e. The summed E-state index contributed by atoms with van der Waals surface area (Å²) in [4.78, 5) is 20.2. The number of hydrogen-bond acceptors (Lipinski definition) is 5. The van der Waals surface area contributed by atoms with Crippen molar-refractivity contribution in [2.45, 2.75) is 59.0 Å².